The molecule has 1 saturated carbocycles. The molecule has 0 radical (unpaired) electrons. The van der Waals surface area contributed by atoms with Crippen molar-refractivity contribution in [2.75, 3.05) is 33.9 Å². The number of rotatable bonds is 11. The fourth-order valence-corrected chi connectivity index (χ4v) is 3.45. The maximum Gasteiger partial charge on any atom is 0.269 e. The summed E-state index contributed by atoms with van der Waals surface area (Å²) < 4.78 is 5.25. The summed E-state index contributed by atoms with van der Waals surface area (Å²) >= 11 is 0. The number of ether oxygens (including phenoxy) is 1. The van der Waals surface area contributed by atoms with E-state index < -0.39 is 0 Å². The first-order chi connectivity index (χ1) is 13.1. The lowest BCUT2D eigenvalue weighted by Gasteiger charge is -2.42. The third kappa shape index (κ3) is 7.90. The van der Waals surface area contributed by atoms with Gasteiger partial charge in [0, 0.05) is 46.0 Å². The van der Waals surface area contributed by atoms with Crippen molar-refractivity contribution >= 4 is 35.6 Å². The summed E-state index contributed by atoms with van der Waals surface area (Å²) in [4.78, 5) is 14.6. The van der Waals surface area contributed by atoms with Gasteiger partial charge in [-0.05, 0) is 49.5 Å². The number of benzene rings is 1. The number of methoxy groups -OCH3 is 1. The first-order valence-electron chi connectivity index (χ1n) is 9.75. The van der Waals surface area contributed by atoms with E-state index in [2.05, 4.69) is 15.6 Å². The van der Waals surface area contributed by atoms with Crippen LogP contribution in [0.4, 0.5) is 5.69 Å². The predicted molar refractivity (Wildman–Crippen MR) is 124 cm³/mol. The number of halogens is 1. The molecule has 1 aliphatic carbocycles. The maximum atomic E-state index is 10.7. The molecule has 0 spiro atoms. The second kappa shape index (κ2) is 12.9. The van der Waals surface area contributed by atoms with Gasteiger partial charge in [-0.3, -0.25) is 15.1 Å². The van der Waals surface area contributed by atoms with Gasteiger partial charge in [-0.1, -0.05) is 18.6 Å². The van der Waals surface area contributed by atoms with E-state index in [9.17, 15) is 10.1 Å². The van der Waals surface area contributed by atoms with E-state index in [1.807, 2.05) is 12.1 Å². The number of hydrogen-bond acceptors (Lipinski definition) is 4. The molecule has 7 nitrogen and oxygen atoms in total. The zero-order valence-electron chi connectivity index (χ0n) is 16.9. The number of aryl methyl sites for hydroxylation is 1. The number of nitro groups is 1. The van der Waals surface area contributed by atoms with Gasteiger partial charge >= 0.3 is 0 Å². The van der Waals surface area contributed by atoms with Gasteiger partial charge in [0.15, 0.2) is 5.96 Å². The highest BCUT2D eigenvalue weighted by atomic mass is 127. The highest BCUT2D eigenvalue weighted by Gasteiger charge is 2.36. The summed E-state index contributed by atoms with van der Waals surface area (Å²) in [6.07, 6.45) is 7.89. The Morgan fingerprint density at radius 3 is 2.50 bits per heavy atom. The monoisotopic (exact) mass is 504 g/mol. The van der Waals surface area contributed by atoms with Gasteiger partial charge < -0.3 is 15.4 Å². The molecular formula is C20H33IN4O3. The van der Waals surface area contributed by atoms with Gasteiger partial charge in [-0.15, -0.1) is 24.0 Å². The summed E-state index contributed by atoms with van der Waals surface area (Å²) in [7, 11) is 3.56. The zero-order chi connectivity index (χ0) is 19.5. The lowest BCUT2D eigenvalue weighted by Crippen LogP contribution is -2.47. The molecule has 1 aromatic carbocycles. The molecule has 0 amide bonds. The predicted octanol–water partition coefficient (Wildman–Crippen LogP) is 3.91. The molecule has 0 saturated heterocycles. The number of guanidine groups is 1. The molecule has 0 aliphatic heterocycles. The summed E-state index contributed by atoms with van der Waals surface area (Å²) in [5.74, 6) is 0.856. The first-order valence-corrected chi connectivity index (χ1v) is 9.75. The number of nitrogens with zero attached hydrogens (tertiary/aromatic N) is 2. The minimum Gasteiger partial charge on any atom is -0.385 e. The standard InChI is InChI=1S/C20H32N4O3.HI/c1-21-19(23-16-20(11-5-12-20)13-15-27-2)22-14-4-3-6-17-7-9-18(10-8-17)24(25)26;/h7-10H,3-6,11-16H2,1-2H3,(H2,21,22,23);1H. The van der Waals surface area contributed by atoms with E-state index in [4.69, 9.17) is 4.74 Å². The molecule has 1 aliphatic rings. The molecule has 2 N–H and O–H groups in total. The fourth-order valence-electron chi connectivity index (χ4n) is 3.45. The summed E-state index contributed by atoms with van der Waals surface area (Å²) in [5.41, 5.74) is 1.64. The van der Waals surface area contributed by atoms with Crippen molar-refractivity contribution in [1.82, 2.24) is 10.6 Å². The highest BCUT2D eigenvalue weighted by molar-refractivity contribution is 14.0. The third-order valence-electron chi connectivity index (χ3n) is 5.44. The second-order valence-electron chi connectivity index (χ2n) is 7.33. The van der Waals surface area contributed by atoms with Crippen LogP contribution in [0.2, 0.25) is 0 Å². The quantitative estimate of drug-likeness (QED) is 0.119. The average Bonchev–Trinajstić information content (AvgIpc) is 2.65. The molecule has 0 atom stereocenters. The van der Waals surface area contributed by atoms with Crippen molar-refractivity contribution in [1.29, 1.82) is 0 Å². The fraction of sp³-hybridized carbons (Fsp3) is 0.650. The Morgan fingerprint density at radius 1 is 1.25 bits per heavy atom. The molecule has 0 bridgehead atoms. The van der Waals surface area contributed by atoms with Crippen LogP contribution in [-0.4, -0.2) is 44.7 Å². The van der Waals surface area contributed by atoms with Crippen molar-refractivity contribution in [3.05, 3.63) is 39.9 Å². The van der Waals surface area contributed by atoms with Crippen LogP contribution < -0.4 is 10.6 Å². The van der Waals surface area contributed by atoms with E-state index >= 15 is 0 Å². The summed E-state index contributed by atoms with van der Waals surface area (Å²) in [6, 6.07) is 6.81. The SMILES string of the molecule is CN=C(NCCCCc1ccc([N+](=O)[O-])cc1)NCC1(CCOC)CCC1.I. The summed E-state index contributed by atoms with van der Waals surface area (Å²) in [6.45, 7) is 2.62. The molecule has 0 aromatic heterocycles. The Balaban J connectivity index is 0.00000392. The van der Waals surface area contributed by atoms with Gasteiger partial charge in [0.05, 0.1) is 4.92 Å². The van der Waals surface area contributed by atoms with Gasteiger partial charge in [0.2, 0.25) is 0 Å². The molecule has 0 heterocycles. The van der Waals surface area contributed by atoms with Gasteiger partial charge in [0.25, 0.3) is 5.69 Å². The van der Waals surface area contributed by atoms with E-state index in [1.165, 1.54) is 19.3 Å². The van der Waals surface area contributed by atoms with Crippen LogP contribution >= 0.6 is 24.0 Å². The maximum absolute atomic E-state index is 10.7. The molecule has 28 heavy (non-hydrogen) atoms. The Kier molecular flexibility index (Phi) is 11.4. The van der Waals surface area contributed by atoms with Crippen molar-refractivity contribution < 1.29 is 9.66 Å². The zero-order valence-corrected chi connectivity index (χ0v) is 19.2. The highest BCUT2D eigenvalue weighted by Crippen LogP contribution is 2.43. The number of aliphatic imine (C=N–C) groups is 1. The Hall–Kier alpha value is -1.42. The van der Waals surface area contributed by atoms with Crippen LogP contribution in [0.5, 0.6) is 0 Å². The van der Waals surface area contributed by atoms with Crippen LogP contribution in [0.25, 0.3) is 0 Å². The topological polar surface area (TPSA) is 88.8 Å². The Bertz CT molecular complexity index is 618. The molecule has 1 fully saturated rings. The van der Waals surface area contributed by atoms with Gasteiger partial charge in [0.1, 0.15) is 0 Å². The Labute approximate surface area is 184 Å². The van der Waals surface area contributed by atoms with Crippen LogP contribution in [0.15, 0.2) is 29.3 Å². The number of non-ortho nitro benzene ring substituents is 1. The van der Waals surface area contributed by atoms with Gasteiger partial charge in [-0.2, -0.15) is 0 Å². The number of unbranched alkanes of at least 4 members (excludes halogenated alkanes) is 1. The van der Waals surface area contributed by atoms with Crippen LogP contribution in [0, 0.1) is 15.5 Å². The minimum atomic E-state index is -0.366. The van der Waals surface area contributed by atoms with E-state index in [0.29, 0.717) is 5.41 Å². The molecule has 1 aromatic rings. The molecular weight excluding hydrogens is 471 g/mol. The normalized spacial score (nSPS) is 15.3. The second-order valence-corrected chi connectivity index (χ2v) is 7.33. The lowest BCUT2D eigenvalue weighted by atomic mass is 9.67. The van der Waals surface area contributed by atoms with Crippen molar-refractivity contribution in [3.8, 4) is 0 Å². The number of hydrogen-bond donors (Lipinski definition) is 2. The van der Waals surface area contributed by atoms with E-state index in [-0.39, 0.29) is 34.6 Å². The lowest BCUT2D eigenvalue weighted by molar-refractivity contribution is -0.384. The van der Waals surface area contributed by atoms with Crippen molar-refractivity contribution in [3.63, 3.8) is 0 Å². The minimum absolute atomic E-state index is 0. The number of nitrogens with one attached hydrogen (secondary N) is 2. The van der Waals surface area contributed by atoms with Gasteiger partial charge in [-0.25, -0.2) is 0 Å². The smallest absolute Gasteiger partial charge is 0.269 e. The van der Waals surface area contributed by atoms with E-state index in [1.54, 1.807) is 26.3 Å². The van der Waals surface area contributed by atoms with Crippen LogP contribution in [0.1, 0.15) is 44.1 Å². The van der Waals surface area contributed by atoms with E-state index in [0.717, 1.165) is 56.9 Å². The third-order valence-corrected chi connectivity index (χ3v) is 5.44. The Morgan fingerprint density at radius 2 is 1.96 bits per heavy atom. The van der Waals surface area contributed by atoms with Crippen molar-refractivity contribution in [2.45, 2.75) is 44.9 Å². The molecule has 8 heteroatoms. The number of nitro benzene ring substituents is 1. The van der Waals surface area contributed by atoms with Crippen LogP contribution in [-0.2, 0) is 11.2 Å². The van der Waals surface area contributed by atoms with Crippen molar-refractivity contribution in [2.24, 2.45) is 10.4 Å². The average molecular weight is 504 g/mol. The van der Waals surface area contributed by atoms with Crippen LogP contribution in [0.3, 0.4) is 0 Å². The molecule has 2 rings (SSSR count). The molecule has 158 valence electrons. The summed E-state index contributed by atoms with van der Waals surface area (Å²) in [5, 5.41) is 17.5. The largest absolute Gasteiger partial charge is 0.385 e. The first kappa shape index (κ1) is 24.6. The molecule has 0 unspecified atom stereocenters.